The number of pyridine rings is 1. The first-order valence-electron chi connectivity index (χ1n) is 8.93. The lowest BCUT2D eigenvalue weighted by atomic mass is 10.2. The highest BCUT2D eigenvalue weighted by Crippen LogP contribution is 2.12. The van der Waals surface area contributed by atoms with Gasteiger partial charge in [0, 0.05) is 23.6 Å². The molecule has 3 rings (SSSR count). The monoisotopic (exact) mass is 388 g/mol. The van der Waals surface area contributed by atoms with Gasteiger partial charge in [0.15, 0.2) is 6.61 Å². The van der Waals surface area contributed by atoms with Crippen LogP contribution in [0.25, 0.3) is 0 Å². The summed E-state index contributed by atoms with van der Waals surface area (Å²) in [6.45, 7) is 1.87. The van der Waals surface area contributed by atoms with Crippen LogP contribution in [-0.4, -0.2) is 29.6 Å². The Bertz CT molecular complexity index is 1000. The second-order valence-corrected chi connectivity index (χ2v) is 6.21. The van der Waals surface area contributed by atoms with Gasteiger partial charge >= 0.3 is 0 Å². The number of hydrogen-bond donors (Lipinski definition) is 2. The van der Waals surface area contributed by atoms with E-state index in [9.17, 15) is 9.59 Å². The number of nitrogens with one attached hydrogen (secondary N) is 2. The molecular formula is C22H20N4O3. The van der Waals surface area contributed by atoms with E-state index in [0.717, 1.165) is 16.8 Å². The molecule has 29 heavy (non-hydrogen) atoms. The lowest BCUT2D eigenvalue weighted by Crippen LogP contribution is -2.20. The molecule has 1 aromatic heterocycles. The van der Waals surface area contributed by atoms with Crippen LogP contribution in [0.3, 0.4) is 0 Å². The third-order valence-electron chi connectivity index (χ3n) is 3.87. The minimum absolute atomic E-state index is 0.0939. The number of nitrogens with zero attached hydrogens (tertiary/aromatic N) is 2. The summed E-state index contributed by atoms with van der Waals surface area (Å²) >= 11 is 0. The number of rotatable bonds is 7. The number of hydrazone groups is 1. The zero-order chi connectivity index (χ0) is 20.5. The number of carbonyl (C=O) groups excluding carboxylic acids is 2. The molecule has 0 aliphatic heterocycles. The smallest absolute Gasteiger partial charge is 0.271 e. The van der Waals surface area contributed by atoms with E-state index in [1.807, 2.05) is 31.2 Å². The van der Waals surface area contributed by atoms with Gasteiger partial charge in [0.25, 0.3) is 11.8 Å². The van der Waals surface area contributed by atoms with E-state index < -0.39 is 0 Å². The molecule has 2 amide bonds. The van der Waals surface area contributed by atoms with Crippen LogP contribution in [0.4, 0.5) is 5.69 Å². The molecule has 7 heteroatoms. The van der Waals surface area contributed by atoms with Crippen molar-refractivity contribution in [1.82, 2.24) is 10.4 Å². The Kier molecular flexibility index (Phi) is 6.67. The van der Waals surface area contributed by atoms with Gasteiger partial charge in [-0.15, -0.1) is 0 Å². The fraction of sp³-hybridized carbons (Fsp3) is 0.0909. The van der Waals surface area contributed by atoms with Crippen LogP contribution in [0.2, 0.25) is 0 Å². The van der Waals surface area contributed by atoms with Gasteiger partial charge in [-0.05, 0) is 66.6 Å². The van der Waals surface area contributed by atoms with Gasteiger partial charge < -0.3 is 10.1 Å². The Labute approximate surface area is 168 Å². The van der Waals surface area contributed by atoms with Gasteiger partial charge in [-0.1, -0.05) is 12.1 Å². The summed E-state index contributed by atoms with van der Waals surface area (Å²) in [7, 11) is 0. The molecule has 0 aliphatic carbocycles. The number of hydrogen-bond acceptors (Lipinski definition) is 5. The Balaban J connectivity index is 1.46. The highest BCUT2D eigenvalue weighted by Gasteiger charge is 2.04. The Morgan fingerprint density at radius 1 is 1.07 bits per heavy atom. The van der Waals surface area contributed by atoms with Gasteiger partial charge in [-0.2, -0.15) is 5.10 Å². The Morgan fingerprint density at radius 2 is 1.83 bits per heavy atom. The first-order chi connectivity index (χ1) is 14.1. The Morgan fingerprint density at radius 3 is 2.55 bits per heavy atom. The van der Waals surface area contributed by atoms with Crippen LogP contribution in [0.5, 0.6) is 5.75 Å². The molecule has 0 saturated heterocycles. The molecule has 0 radical (unpaired) electrons. The number of aromatic nitrogens is 1. The van der Waals surface area contributed by atoms with Gasteiger partial charge in [0.2, 0.25) is 0 Å². The highest BCUT2D eigenvalue weighted by atomic mass is 16.5. The van der Waals surface area contributed by atoms with E-state index in [0.29, 0.717) is 11.3 Å². The van der Waals surface area contributed by atoms with Gasteiger partial charge in [0.1, 0.15) is 5.75 Å². The molecule has 0 fully saturated rings. The standard InChI is InChI=1S/C22H20N4O3/c1-16-3-2-4-19(13-16)25-21(27)15-29-20-7-5-17(6-8-20)14-24-26-22(28)18-9-11-23-12-10-18/h2-14H,15H2,1H3,(H,25,27)(H,26,28)/b24-14-. The fourth-order valence-electron chi connectivity index (χ4n) is 2.45. The average Bonchev–Trinajstić information content (AvgIpc) is 2.74. The molecule has 7 nitrogen and oxygen atoms in total. The van der Waals surface area contributed by atoms with Crippen molar-refractivity contribution in [3.63, 3.8) is 0 Å². The molecule has 146 valence electrons. The first-order valence-corrected chi connectivity index (χ1v) is 8.93. The number of ether oxygens (including phenoxy) is 1. The predicted octanol–water partition coefficient (Wildman–Crippen LogP) is 3.17. The van der Waals surface area contributed by atoms with E-state index in [2.05, 4.69) is 20.8 Å². The van der Waals surface area contributed by atoms with Crippen LogP contribution < -0.4 is 15.5 Å². The Hall–Kier alpha value is -4.00. The van der Waals surface area contributed by atoms with Crippen molar-refractivity contribution in [2.45, 2.75) is 6.92 Å². The molecule has 0 bridgehead atoms. The number of benzene rings is 2. The van der Waals surface area contributed by atoms with Gasteiger partial charge in [-0.3, -0.25) is 14.6 Å². The summed E-state index contributed by atoms with van der Waals surface area (Å²) < 4.78 is 5.49. The number of amides is 2. The van der Waals surface area contributed by atoms with Crippen molar-refractivity contribution in [2.75, 3.05) is 11.9 Å². The summed E-state index contributed by atoms with van der Waals surface area (Å²) in [6, 6.07) is 17.8. The highest BCUT2D eigenvalue weighted by molar-refractivity contribution is 5.94. The maximum Gasteiger partial charge on any atom is 0.271 e. The maximum absolute atomic E-state index is 12.0. The molecule has 2 N–H and O–H groups in total. The zero-order valence-electron chi connectivity index (χ0n) is 15.8. The van der Waals surface area contributed by atoms with E-state index in [-0.39, 0.29) is 18.4 Å². The average molecular weight is 388 g/mol. The second kappa shape index (κ2) is 9.80. The van der Waals surface area contributed by atoms with Crippen LogP contribution in [0.15, 0.2) is 78.2 Å². The summed E-state index contributed by atoms with van der Waals surface area (Å²) in [5, 5.41) is 6.71. The number of aryl methyl sites for hydroxylation is 1. The van der Waals surface area contributed by atoms with Crippen molar-refractivity contribution in [3.05, 3.63) is 89.7 Å². The molecule has 0 spiro atoms. The van der Waals surface area contributed by atoms with Gasteiger partial charge in [0.05, 0.1) is 6.21 Å². The fourth-order valence-corrected chi connectivity index (χ4v) is 2.45. The maximum atomic E-state index is 12.0. The van der Waals surface area contributed by atoms with Crippen LogP contribution in [0, 0.1) is 6.92 Å². The summed E-state index contributed by atoms with van der Waals surface area (Å²) in [5.41, 5.74) is 5.50. The number of anilines is 1. The SMILES string of the molecule is Cc1cccc(NC(=O)COc2ccc(/C=N\NC(=O)c3ccncc3)cc2)c1. The molecule has 0 unspecified atom stereocenters. The predicted molar refractivity (Wildman–Crippen MR) is 111 cm³/mol. The molecule has 3 aromatic rings. The second-order valence-electron chi connectivity index (χ2n) is 6.21. The van der Waals surface area contributed by atoms with Gasteiger partial charge in [-0.25, -0.2) is 5.43 Å². The third kappa shape index (κ3) is 6.28. The molecule has 0 aliphatic rings. The minimum Gasteiger partial charge on any atom is -0.484 e. The van der Waals surface area contributed by atoms with E-state index in [4.69, 9.17) is 4.74 Å². The third-order valence-corrected chi connectivity index (χ3v) is 3.87. The van der Waals surface area contributed by atoms with Crippen molar-refractivity contribution in [2.24, 2.45) is 5.10 Å². The number of carbonyl (C=O) groups is 2. The van der Waals surface area contributed by atoms with Crippen molar-refractivity contribution in [1.29, 1.82) is 0 Å². The largest absolute Gasteiger partial charge is 0.484 e. The van der Waals surface area contributed by atoms with Crippen LogP contribution in [-0.2, 0) is 4.79 Å². The lowest BCUT2D eigenvalue weighted by molar-refractivity contribution is -0.118. The molecule has 1 heterocycles. The van der Waals surface area contributed by atoms with Crippen LogP contribution in [0.1, 0.15) is 21.5 Å². The van der Waals surface area contributed by atoms with E-state index >= 15 is 0 Å². The van der Waals surface area contributed by atoms with Crippen molar-refractivity contribution >= 4 is 23.7 Å². The summed E-state index contributed by atoms with van der Waals surface area (Å²) in [6.07, 6.45) is 4.60. The van der Waals surface area contributed by atoms with E-state index in [1.54, 1.807) is 48.8 Å². The van der Waals surface area contributed by atoms with Crippen LogP contribution >= 0.6 is 0 Å². The van der Waals surface area contributed by atoms with E-state index in [1.165, 1.54) is 6.21 Å². The lowest BCUT2D eigenvalue weighted by Gasteiger charge is -2.08. The summed E-state index contributed by atoms with van der Waals surface area (Å²) in [5.74, 6) is 0.00523. The molecular weight excluding hydrogens is 368 g/mol. The minimum atomic E-state index is -0.316. The zero-order valence-corrected chi connectivity index (χ0v) is 15.8. The first kappa shape index (κ1) is 19.8. The van der Waals surface area contributed by atoms with Crippen molar-refractivity contribution < 1.29 is 14.3 Å². The molecule has 0 saturated carbocycles. The normalized spacial score (nSPS) is 10.5. The molecule has 2 aromatic carbocycles. The molecule has 0 atom stereocenters. The van der Waals surface area contributed by atoms with Crippen molar-refractivity contribution in [3.8, 4) is 5.75 Å². The topological polar surface area (TPSA) is 92.7 Å². The summed E-state index contributed by atoms with van der Waals surface area (Å²) in [4.78, 5) is 27.7. The quantitative estimate of drug-likeness (QED) is 0.480.